The number of rotatable bonds is 2. The highest BCUT2D eigenvalue weighted by molar-refractivity contribution is 6.29. The molecule has 6 heteroatoms. The van der Waals surface area contributed by atoms with Gasteiger partial charge in [0.25, 0.3) is 0 Å². The minimum atomic E-state index is -0.274. The number of piperazine rings is 1. The second kappa shape index (κ2) is 5.40. The number of hydrogen-bond donors (Lipinski definition) is 0. The lowest BCUT2D eigenvalue weighted by Gasteiger charge is -2.42. The van der Waals surface area contributed by atoms with Gasteiger partial charge in [0.2, 0.25) is 11.8 Å². The molecule has 106 valence electrons. The van der Waals surface area contributed by atoms with Gasteiger partial charge in [0.1, 0.15) is 17.7 Å². The van der Waals surface area contributed by atoms with E-state index in [9.17, 15) is 9.59 Å². The molecule has 0 saturated carbocycles. The fourth-order valence-electron chi connectivity index (χ4n) is 2.90. The molecule has 2 amide bonds. The number of piperidine rings is 1. The van der Waals surface area contributed by atoms with Crippen LogP contribution in [0.2, 0.25) is 5.15 Å². The molecule has 2 aliphatic rings. The Kier molecular flexibility index (Phi) is 3.61. The van der Waals surface area contributed by atoms with Crippen LogP contribution >= 0.6 is 11.6 Å². The lowest BCUT2D eigenvalue weighted by atomic mass is 9.98. The standard InChI is InChI=1S/C14H16ClN3O2/c15-12-6-3-4-10(16-12)8-17-9-13(19)18-7-2-1-5-11(18)14(17)20/h3-4,6,11H,1-2,5,7-9H2. The summed E-state index contributed by atoms with van der Waals surface area (Å²) in [4.78, 5) is 32.1. The van der Waals surface area contributed by atoms with Crippen molar-refractivity contribution < 1.29 is 9.59 Å². The van der Waals surface area contributed by atoms with E-state index in [0.717, 1.165) is 19.3 Å². The number of nitrogens with zero attached hydrogens (tertiary/aromatic N) is 3. The van der Waals surface area contributed by atoms with E-state index in [1.807, 2.05) is 6.07 Å². The molecule has 0 aliphatic carbocycles. The van der Waals surface area contributed by atoms with Crippen molar-refractivity contribution >= 4 is 23.4 Å². The highest BCUT2D eigenvalue weighted by Crippen LogP contribution is 2.24. The van der Waals surface area contributed by atoms with E-state index in [-0.39, 0.29) is 24.4 Å². The van der Waals surface area contributed by atoms with Gasteiger partial charge in [-0.05, 0) is 31.4 Å². The lowest BCUT2D eigenvalue weighted by molar-refractivity contribution is -0.158. The number of carbonyl (C=O) groups is 2. The molecule has 0 N–H and O–H groups in total. The van der Waals surface area contributed by atoms with E-state index in [1.165, 1.54) is 0 Å². The second-order valence-electron chi connectivity index (χ2n) is 5.24. The summed E-state index contributed by atoms with van der Waals surface area (Å²) in [6, 6.07) is 5.03. The highest BCUT2D eigenvalue weighted by atomic mass is 35.5. The maximum absolute atomic E-state index is 12.5. The van der Waals surface area contributed by atoms with Crippen LogP contribution in [0.4, 0.5) is 0 Å². The Balaban J connectivity index is 1.77. The molecule has 1 unspecified atom stereocenters. The van der Waals surface area contributed by atoms with Crippen molar-refractivity contribution in [3.63, 3.8) is 0 Å². The average molecular weight is 294 g/mol. The van der Waals surface area contributed by atoms with Gasteiger partial charge in [0.05, 0.1) is 12.2 Å². The van der Waals surface area contributed by atoms with E-state index in [2.05, 4.69) is 4.98 Å². The zero-order chi connectivity index (χ0) is 14.1. The normalized spacial score (nSPS) is 22.9. The molecule has 5 nitrogen and oxygen atoms in total. The van der Waals surface area contributed by atoms with E-state index >= 15 is 0 Å². The zero-order valence-electron chi connectivity index (χ0n) is 11.1. The summed E-state index contributed by atoms with van der Waals surface area (Å²) in [5.41, 5.74) is 0.711. The summed E-state index contributed by atoms with van der Waals surface area (Å²) in [6.07, 6.45) is 2.76. The fourth-order valence-corrected chi connectivity index (χ4v) is 3.08. The minimum Gasteiger partial charge on any atom is -0.329 e. The zero-order valence-corrected chi connectivity index (χ0v) is 11.8. The maximum atomic E-state index is 12.5. The molecule has 0 aromatic carbocycles. The quantitative estimate of drug-likeness (QED) is 0.776. The van der Waals surface area contributed by atoms with Crippen LogP contribution in [-0.2, 0) is 16.1 Å². The van der Waals surface area contributed by atoms with E-state index in [1.54, 1.807) is 21.9 Å². The van der Waals surface area contributed by atoms with Gasteiger partial charge in [-0.1, -0.05) is 17.7 Å². The van der Waals surface area contributed by atoms with Gasteiger partial charge in [-0.15, -0.1) is 0 Å². The molecule has 1 aromatic heterocycles. The van der Waals surface area contributed by atoms with Crippen LogP contribution < -0.4 is 0 Å². The monoisotopic (exact) mass is 293 g/mol. The van der Waals surface area contributed by atoms with Gasteiger partial charge in [0, 0.05) is 6.54 Å². The topological polar surface area (TPSA) is 53.5 Å². The second-order valence-corrected chi connectivity index (χ2v) is 5.63. The molecule has 1 aromatic rings. The Morgan fingerprint density at radius 3 is 2.95 bits per heavy atom. The van der Waals surface area contributed by atoms with Crippen LogP contribution in [-0.4, -0.2) is 45.7 Å². The van der Waals surface area contributed by atoms with Gasteiger partial charge in [-0.2, -0.15) is 0 Å². The van der Waals surface area contributed by atoms with Crippen LogP contribution in [0.3, 0.4) is 0 Å². The molecule has 3 heterocycles. The Hall–Kier alpha value is -1.62. The molecule has 1 atom stereocenters. The lowest BCUT2D eigenvalue weighted by Crippen LogP contribution is -2.60. The molecule has 2 saturated heterocycles. The first kappa shape index (κ1) is 13.4. The number of halogens is 1. The Morgan fingerprint density at radius 1 is 1.30 bits per heavy atom. The Labute approximate surface area is 122 Å². The van der Waals surface area contributed by atoms with Gasteiger partial charge >= 0.3 is 0 Å². The van der Waals surface area contributed by atoms with E-state index < -0.39 is 0 Å². The van der Waals surface area contributed by atoms with Crippen molar-refractivity contribution in [2.75, 3.05) is 13.1 Å². The van der Waals surface area contributed by atoms with Crippen molar-refractivity contribution in [2.45, 2.75) is 31.8 Å². The first-order chi connectivity index (χ1) is 9.65. The maximum Gasteiger partial charge on any atom is 0.246 e. The van der Waals surface area contributed by atoms with E-state index in [4.69, 9.17) is 11.6 Å². The molecule has 0 radical (unpaired) electrons. The summed E-state index contributed by atoms with van der Waals surface area (Å²) in [5, 5.41) is 0.401. The van der Waals surface area contributed by atoms with E-state index in [0.29, 0.717) is 23.9 Å². The smallest absolute Gasteiger partial charge is 0.246 e. The third-order valence-electron chi connectivity index (χ3n) is 3.87. The fraction of sp³-hybridized carbons (Fsp3) is 0.500. The molecule has 2 fully saturated rings. The summed E-state index contributed by atoms with van der Waals surface area (Å²) >= 11 is 5.85. The molecule has 0 spiro atoms. The van der Waals surface area contributed by atoms with Crippen LogP contribution in [0.1, 0.15) is 25.0 Å². The molecule has 3 rings (SSSR count). The number of fused-ring (bicyclic) bond motifs is 1. The summed E-state index contributed by atoms with van der Waals surface area (Å²) in [6.45, 7) is 1.19. The first-order valence-electron chi connectivity index (χ1n) is 6.85. The largest absolute Gasteiger partial charge is 0.329 e. The first-order valence-corrected chi connectivity index (χ1v) is 7.22. The van der Waals surface area contributed by atoms with Crippen LogP contribution in [0.25, 0.3) is 0 Å². The number of hydrogen-bond acceptors (Lipinski definition) is 3. The Bertz CT molecular complexity index is 549. The number of amides is 2. The average Bonchev–Trinajstić information content (AvgIpc) is 2.45. The van der Waals surface area contributed by atoms with Gasteiger partial charge in [-0.25, -0.2) is 4.98 Å². The Morgan fingerprint density at radius 2 is 2.15 bits per heavy atom. The van der Waals surface area contributed by atoms with Crippen molar-refractivity contribution in [3.8, 4) is 0 Å². The molecule has 0 bridgehead atoms. The molecule has 2 aliphatic heterocycles. The van der Waals surface area contributed by atoms with Gasteiger partial charge in [-0.3, -0.25) is 9.59 Å². The highest BCUT2D eigenvalue weighted by Gasteiger charge is 2.40. The summed E-state index contributed by atoms with van der Waals surface area (Å²) in [7, 11) is 0. The number of pyridine rings is 1. The van der Waals surface area contributed by atoms with Crippen LogP contribution in [0.15, 0.2) is 18.2 Å². The predicted octanol–water partition coefficient (Wildman–Crippen LogP) is 1.46. The third kappa shape index (κ3) is 2.50. The third-order valence-corrected chi connectivity index (χ3v) is 4.08. The SMILES string of the molecule is O=C1C2CCCCN2C(=O)CN1Cc1cccc(Cl)n1. The number of aromatic nitrogens is 1. The minimum absolute atomic E-state index is 0.0334. The van der Waals surface area contributed by atoms with Crippen LogP contribution in [0, 0.1) is 0 Å². The van der Waals surface area contributed by atoms with Crippen molar-refractivity contribution in [2.24, 2.45) is 0 Å². The molecular formula is C14H16ClN3O2. The number of carbonyl (C=O) groups excluding carboxylic acids is 2. The van der Waals surface area contributed by atoms with Gasteiger partial charge < -0.3 is 9.80 Å². The molecular weight excluding hydrogens is 278 g/mol. The van der Waals surface area contributed by atoms with Gasteiger partial charge in [0.15, 0.2) is 0 Å². The summed E-state index contributed by atoms with van der Waals surface area (Å²) in [5.74, 6) is 0.0717. The van der Waals surface area contributed by atoms with Crippen molar-refractivity contribution in [1.82, 2.24) is 14.8 Å². The van der Waals surface area contributed by atoms with Crippen LogP contribution in [0.5, 0.6) is 0 Å². The van der Waals surface area contributed by atoms with Crippen molar-refractivity contribution in [3.05, 3.63) is 29.0 Å². The summed E-state index contributed by atoms with van der Waals surface area (Å²) < 4.78 is 0. The molecule has 20 heavy (non-hydrogen) atoms. The predicted molar refractivity (Wildman–Crippen MR) is 74.0 cm³/mol. The van der Waals surface area contributed by atoms with Crippen molar-refractivity contribution in [1.29, 1.82) is 0 Å².